The van der Waals surface area contributed by atoms with Gasteiger partial charge in [-0.1, -0.05) is 129 Å². The van der Waals surface area contributed by atoms with Crippen LogP contribution in [0.1, 0.15) is 153 Å². The smallest absolute Gasteiger partial charge is 0.161 e. The molecular formula is C31H54O3. The predicted octanol–water partition coefficient (Wildman–Crippen LogP) is 10.1. The number of hydrogen-bond donors (Lipinski definition) is 0. The van der Waals surface area contributed by atoms with E-state index in [0.717, 1.165) is 24.9 Å². The maximum absolute atomic E-state index is 11.2. The summed E-state index contributed by atoms with van der Waals surface area (Å²) in [4.78, 5) is 11.2. The second-order valence-corrected chi connectivity index (χ2v) is 9.88. The molecule has 0 aromatic heterocycles. The Morgan fingerprint density at radius 1 is 0.529 bits per heavy atom. The summed E-state index contributed by atoms with van der Waals surface area (Å²) < 4.78 is 12.0. The number of aldehydes is 1. The quantitative estimate of drug-likeness (QED) is 0.104. The van der Waals surface area contributed by atoms with Crippen LogP contribution < -0.4 is 9.47 Å². The molecule has 0 aliphatic carbocycles. The minimum Gasteiger partial charge on any atom is -0.490 e. The van der Waals surface area contributed by atoms with Gasteiger partial charge in [0, 0.05) is 5.56 Å². The Bertz CT molecular complexity index is 584. The van der Waals surface area contributed by atoms with Crippen molar-refractivity contribution in [2.24, 2.45) is 0 Å². The van der Waals surface area contributed by atoms with Crippen molar-refractivity contribution in [1.29, 1.82) is 0 Å². The summed E-state index contributed by atoms with van der Waals surface area (Å²) in [5.74, 6) is 1.49. The van der Waals surface area contributed by atoms with Gasteiger partial charge in [-0.25, -0.2) is 0 Å². The maximum atomic E-state index is 11.2. The zero-order valence-corrected chi connectivity index (χ0v) is 22.6. The molecule has 0 saturated heterocycles. The lowest BCUT2D eigenvalue weighted by molar-refractivity contribution is 0.112. The minimum atomic E-state index is 0.643. The van der Waals surface area contributed by atoms with Crippen LogP contribution in [-0.2, 0) is 0 Å². The fourth-order valence-corrected chi connectivity index (χ4v) is 4.37. The second-order valence-electron chi connectivity index (χ2n) is 9.88. The molecule has 0 spiro atoms. The van der Waals surface area contributed by atoms with Gasteiger partial charge < -0.3 is 9.47 Å². The SMILES string of the molecule is CCCCCCCCCCCCOc1ccc(C=O)cc1OCCCCCCCCCCCC. The molecule has 3 heteroatoms. The molecule has 0 fully saturated rings. The Balaban J connectivity index is 2.14. The van der Waals surface area contributed by atoms with Gasteiger partial charge in [-0.15, -0.1) is 0 Å². The van der Waals surface area contributed by atoms with Crippen LogP contribution in [-0.4, -0.2) is 19.5 Å². The summed E-state index contributed by atoms with van der Waals surface area (Å²) in [7, 11) is 0. The fraction of sp³-hybridized carbons (Fsp3) is 0.774. The van der Waals surface area contributed by atoms with Gasteiger partial charge in [-0.05, 0) is 31.0 Å². The summed E-state index contributed by atoms with van der Waals surface area (Å²) >= 11 is 0. The van der Waals surface area contributed by atoms with Crippen molar-refractivity contribution in [3.63, 3.8) is 0 Å². The fourth-order valence-electron chi connectivity index (χ4n) is 4.37. The summed E-state index contributed by atoms with van der Waals surface area (Å²) in [6, 6.07) is 5.51. The van der Waals surface area contributed by atoms with E-state index in [0.29, 0.717) is 24.5 Å². The van der Waals surface area contributed by atoms with Gasteiger partial charge in [0.25, 0.3) is 0 Å². The molecule has 0 aliphatic heterocycles. The molecule has 0 amide bonds. The third-order valence-corrected chi connectivity index (χ3v) is 6.61. The topological polar surface area (TPSA) is 35.5 Å². The molecule has 34 heavy (non-hydrogen) atoms. The van der Waals surface area contributed by atoms with Crippen LogP contribution in [0.25, 0.3) is 0 Å². The van der Waals surface area contributed by atoms with E-state index in [2.05, 4.69) is 13.8 Å². The molecule has 3 nitrogen and oxygen atoms in total. The van der Waals surface area contributed by atoms with E-state index in [1.165, 1.54) is 116 Å². The van der Waals surface area contributed by atoms with Crippen molar-refractivity contribution < 1.29 is 14.3 Å². The van der Waals surface area contributed by atoms with Gasteiger partial charge in [0.15, 0.2) is 11.5 Å². The first-order valence-corrected chi connectivity index (χ1v) is 14.7. The van der Waals surface area contributed by atoms with Crippen LogP contribution in [0.2, 0.25) is 0 Å². The Hall–Kier alpha value is -1.51. The molecule has 0 heterocycles. The molecule has 196 valence electrons. The number of unbranched alkanes of at least 4 members (excludes halogenated alkanes) is 18. The first-order chi connectivity index (χ1) is 16.8. The third-order valence-electron chi connectivity index (χ3n) is 6.61. The molecule has 0 aliphatic rings. The number of rotatable bonds is 25. The minimum absolute atomic E-state index is 0.643. The molecule has 1 aromatic rings. The Morgan fingerprint density at radius 2 is 0.912 bits per heavy atom. The van der Waals surface area contributed by atoms with Gasteiger partial charge in [0.05, 0.1) is 13.2 Å². The molecule has 0 unspecified atom stereocenters. The normalized spacial score (nSPS) is 11.0. The van der Waals surface area contributed by atoms with E-state index in [-0.39, 0.29) is 0 Å². The predicted molar refractivity (Wildman–Crippen MR) is 147 cm³/mol. The maximum Gasteiger partial charge on any atom is 0.161 e. The zero-order chi connectivity index (χ0) is 24.5. The Kier molecular flexibility index (Phi) is 20.9. The summed E-state index contributed by atoms with van der Waals surface area (Å²) in [6.07, 6.45) is 27.2. The Morgan fingerprint density at radius 3 is 1.32 bits per heavy atom. The molecule has 1 aromatic carbocycles. The van der Waals surface area contributed by atoms with Crippen LogP contribution in [0.3, 0.4) is 0 Å². The monoisotopic (exact) mass is 474 g/mol. The molecule has 1 rings (SSSR count). The highest BCUT2D eigenvalue weighted by Crippen LogP contribution is 2.28. The van der Waals surface area contributed by atoms with E-state index in [4.69, 9.17) is 9.47 Å². The lowest BCUT2D eigenvalue weighted by Crippen LogP contribution is -2.03. The van der Waals surface area contributed by atoms with Crippen molar-refractivity contribution >= 4 is 6.29 Å². The van der Waals surface area contributed by atoms with Crippen molar-refractivity contribution in [3.05, 3.63) is 23.8 Å². The molecule has 0 saturated carbocycles. The summed E-state index contributed by atoms with van der Waals surface area (Å²) in [5, 5.41) is 0. The average molecular weight is 475 g/mol. The highest BCUT2D eigenvalue weighted by atomic mass is 16.5. The van der Waals surface area contributed by atoms with Crippen LogP contribution in [0.4, 0.5) is 0 Å². The number of carbonyl (C=O) groups is 1. The van der Waals surface area contributed by atoms with E-state index >= 15 is 0 Å². The number of carbonyl (C=O) groups excluding carboxylic acids is 1. The molecule has 0 atom stereocenters. The largest absolute Gasteiger partial charge is 0.490 e. The van der Waals surface area contributed by atoms with Gasteiger partial charge in [0.2, 0.25) is 0 Å². The average Bonchev–Trinajstić information content (AvgIpc) is 2.86. The van der Waals surface area contributed by atoms with Crippen LogP contribution in [0, 0.1) is 0 Å². The second kappa shape index (κ2) is 23.2. The lowest BCUT2D eigenvalue weighted by atomic mass is 10.1. The zero-order valence-electron chi connectivity index (χ0n) is 22.6. The molecule has 0 radical (unpaired) electrons. The van der Waals surface area contributed by atoms with Crippen LogP contribution in [0.5, 0.6) is 11.5 Å². The first-order valence-electron chi connectivity index (χ1n) is 14.7. The Labute approximate surface area is 211 Å². The summed E-state index contributed by atoms with van der Waals surface area (Å²) in [5.41, 5.74) is 0.643. The third kappa shape index (κ3) is 17.0. The molecule has 0 N–H and O–H groups in total. The molecule has 0 bridgehead atoms. The van der Waals surface area contributed by atoms with Crippen molar-refractivity contribution in [3.8, 4) is 11.5 Å². The van der Waals surface area contributed by atoms with Crippen molar-refractivity contribution in [2.75, 3.05) is 13.2 Å². The number of hydrogen-bond acceptors (Lipinski definition) is 3. The van der Waals surface area contributed by atoms with Crippen molar-refractivity contribution in [2.45, 2.75) is 142 Å². The van der Waals surface area contributed by atoms with Crippen molar-refractivity contribution in [1.82, 2.24) is 0 Å². The standard InChI is InChI=1S/C31H54O3/c1-3-5-7-9-11-13-15-17-19-21-25-33-30-24-23-29(28-32)27-31(30)34-26-22-20-18-16-14-12-10-8-6-4-2/h23-24,27-28H,3-22,25-26H2,1-2H3. The number of ether oxygens (including phenoxy) is 2. The van der Waals surface area contributed by atoms with Gasteiger partial charge in [-0.3, -0.25) is 4.79 Å². The lowest BCUT2D eigenvalue weighted by Gasteiger charge is -2.13. The van der Waals surface area contributed by atoms with E-state index in [1.807, 2.05) is 18.2 Å². The van der Waals surface area contributed by atoms with E-state index in [1.54, 1.807) is 0 Å². The first kappa shape index (κ1) is 30.5. The van der Waals surface area contributed by atoms with E-state index in [9.17, 15) is 4.79 Å². The summed E-state index contributed by atoms with van der Waals surface area (Å²) in [6.45, 7) is 5.94. The van der Waals surface area contributed by atoms with Gasteiger partial charge >= 0.3 is 0 Å². The highest BCUT2D eigenvalue weighted by molar-refractivity contribution is 5.76. The highest BCUT2D eigenvalue weighted by Gasteiger charge is 2.07. The van der Waals surface area contributed by atoms with Crippen LogP contribution >= 0.6 is 0 Å². The van der Waals surface area contributed by atoms with Gasteiger partial charge in [-0.2, -0.15) is 0 Å². The number of benzene rings is 1. The van der Waals surface area contributed by atoms with Gasteiger partial charge in [0.1, 0.15) is 6.29 Å². The molecular weight excluding hydrogens is 420 g/mol. The van der Waals surface area contributed by atoms with Crippen LogP contribution in [0.15, 0.2) is 18.2 Å². The van der Waals surface area contributed by atoms with E-state index < -0.39 is 0 Å².